The van der Waals surface area contributed by atoms with Crippen molar-refractivity contribution < 1.29 is 9.50 Å². The van der Waals surface area contributed by atoms with Gasteiger partial charge in [-0.05, 0) is 56.7 Å². The maximum Gasteiger partial charge on any atom is 0.159 e. The van der Waals surface area contributed by atoms with E-state index >= 15 is 0 Å². The molecule has 0 radical (unpaired) electrons. The van der Waals surface area contributed by atoms with Crippen molar-refractivity contribution in [1.82, 2.24) is 15.0 Å². The van der Waals surface area contributed by atoms with Crippen LogP contribution in [0.4, 0.5) is 10.1 Å². The lowest BCUT2D eigenvalue weighted by Crippen LogP contribution is -2.19. The topological polar surface area (TPSA) is 70.9 Å². The maximum absolute atomic E-state index is 14.4. The van der Waals surface area contributed by atoms with Crippen LogP contribution in [0.2, 0.25) is 5.02 Å². The van der Waals surface area contributed by atoms with Crippen molar-refractivity contribution in [2.45, 2.75) is 32.4 Å². The summed E-state index contributed by atoms with van der Waals surface area (Å²) in [7, 11) is 0. The van der Waals surface area contributed by atoms with Gasteiger partial charge in [0.15, 0.2) is 5.82 Å². The molecule has 8 heteroatoms. The highest BCUT2D eigenvalue weighted by Crippen LogP contribution is 2.35. The molecule has 2 aromatic heterocycles. The standard InChI is InChI=1S/C24H21BrClFN4O/c1-13(17-9-16(25)5-6-20(17)27)31-22-18-8-14(4-7-21(18)28-12-19(22)26)15-10-29-23(30-11-15)24(2,3)32/h4-13,32H,1-3H3,(H,28,31)/t13-/m1/s1. The van der Waals surface area contributed by atoms with E-state index in [9.17, 15) is 9.50 Å². The normalized spacial score (nSPS) is 12.7. The number of hydrogen-bond donors (Lipinski definition) is 2. The largest absolute Gasteiger partial charge is 0.382 e. The van der Waals surface area contributed by atoms with Gasteiger partial charge in [0, 0.05) is 39.6 Å². The minimum Gasteiger partial charge on any atom is -0.382 e. The summed E-state index contributed by atoms with van der Waals surface area (Å²) >= 11 is 9.89. The first-order valence-corrected chi connectivity index (χ1v) is 11.2. The van der Waals surface area contributed by atoms with Crippen molar-refractivity contribution in [3.05, 3.63) is 81.7 Å². The van der Waals surface area contributed by atoms with E-state index in [0.29, 0.717) is 22.1 Å². The Balaban J connectivity index is 1.75. The Bertz CT molecular complexity index is 1290. The summed E-state index contributed by atoms with van der Waals surface area (Å²) < 4.78 is 15.2. The highest BCUT2D eigenvalue weighted by molar-refractivity contribution is 9.10. The number of fused-ring (bicyclic) bond motifs is 1. The number of halogens is 3. The van der Waals surface area contributed by atoms with E-state index in [-0.39, 0.29) is 11.9 Å². The third-order valence-electron chi connectivity index (χ3n) is 5.14. The molecule has 5 nitrogen and oxygen atoms in total. The number of nitrogens with zero attached hydrogens (tertiary/aromatic N) is 3. The Morgan fingerprint density at radius 2 is 1.75 bits per heavy atom. The second-order valence-electron chi connectivity index (χ2n) is 8.10. The summed E-state index contributed by atoms with van der Waals surface area (Å²) in [4.78, 5) is 13.0. The van der Waals surface area contributed by atoms with E-state index in [2.05, 4.69) is 36.2 Å². The zero-order valence-electron chi connectivity index (χ0n) is 17.7. The van der Waals surface area contributed by atoms with Crippen LogP contribution in [0.5, 0.6) is 0 Å². The Labute approximate surface area is 198 Å². The minimum atomic E-state index is -1.12. The molecule has 0 aliphatic rings. The van der Waals surface area contributed by atoms with Crippen molar-refractivity contribution in [2.75, 3.05) is 5.32 Å². The first-order valence-electron chi connectivity index (χ1n) is 9.98. The van der Waals surface area contributed by atoms with Crippen molar-refractivity contribution in [1.29, 1.82) is 0 Å². The summed E-state index contributed by atoms with van der Waals surface area (Å²) in [6.45, 7) is 5.15. The van der Waals surface area contributed by atoms with Crippen LogP contribution in [-0.2, 0) is 5.60 Å². The highest BCUT2D eigenvalue weighted by atomic mass is 79.9. The Morgan fingerprint density at radius 3 is 2.44 bits per heavy atom. The molecule has 32 heavy (non-hydrogen) atoms. The third-order valence-corrected chi connectivity index (χ3v) is 5.92. The fourth-order valence-electron chi connectivity index (χ4n) is 3.43. The molecule has 0 aliphatic heterocycles. The van der Waals surface area contributed by atoms with Crippen LogP contribution in [0.25, 0.3) is 22.0 Å². The molecule has 4 rings (SSSR count). The number of aliphatic hydroxyl groups is 1. The SMILES string of the molecule is C[C@@H](Nc1c(Cl)cnc2ccc(-c3cnc(C(C)(C)O)nc3)cc12)c1cc(Br)ccc1F. The summed E-state index contributed by atoms with van der Waals surface area (Å²) in [5.74, 6) is 0.0476. The maximum atomic E-state index is 14.4. The lowest BCUT2D eigenvalue weighted by Gasteiger charge is -2.19. The van der Waals surface area contributed by atoms with Gasteiger partial charge >= 0.3 is 0 Å². The van der Waals surface area contributed by atoms with Crippen molar-refractivity contribution in [3.8, 4) is 11.1 Å². The van der Waals surface area contributed by atoms with Gasteiger partial charge < -0.3 is 10.4 Å². The van der Waals surface area contributed by atoms with Gasteiger partial charge in [0.05, 0.1) is 22.3 Å². The summed E-state index contributed by atoms with van der Waals surface area (Å²) in [6, 6.07) is 10.3. The van der Waals surface area contributed by atoms with Crippen LogP contribution < -0.4 is 5.32 Å². The number of aromatic nitrogens is 3. The molecule has 0 fully saturated rings. The molecule has 0 unspecified atom stereocenters. The van der Waals surface area contributed by atoms with Gasteiger partial charge in [0.1, 0.15) is 11.4 Å². The molecular formula is C24H21BrClFN4O. The number of benzene rings is 2. The van der Waals surface area contributed by atoms with Crippen LogP contribution in [-0.4, -0.2) is 20.1 Å². The van der Waals surface area contributed by atoms with Crippen LogP contribution in [0.1, 0.15) is 38.2 Å². The second kappa shape index (κ2) is 8.73. The predicted molar refractivity (Wildman–Crippen MR) is 129 cm³/mol. The van der Waals surface area contributed by atoms with Gasteiger partial charge in [0.25, 0.3) is 0 Å². The number of anilines is 1. The summed E-state index contributed by atoms with van der Waals surface area (Å²) in [5.41, 5.74) is 2.47. The monoisotopic (exact) mass is 514 g/mol. The molecule has 2 aromatic carbocycles. The van der Waals surface area contributed by atoms with Crippen molar-refractivity contribution in [2.24, 2.45) is 0 Å². The van der Waals surface area contributed by atoms with E-state index in [4.69, 9.17) is 11.6 Å². The van der Waals surface area contributed by atoms with Crippen molar-refractivity contribution in [3.63, 3.8) is 0 Å². The van der Waals surface area contributed by atoms with Gasteiger partial charge in [-0.15, -0.1) is 0 Å². The van der Waals surface area contributed by atoms with Gasteiger partial charge in [0.2, 0.25) is 0 Å². The Kier molecular flexibility index (Phi) is 6.16. The first-order chi connectivity index (χ1) is 15.1. The Morgan fingerprint density at radius 1 is 1.03 bits per heavy atom. The van der Waals surface area contributed by atoms with E-state index in [1.165, 1.54) is 6.07 Å². The molecule has 0 amide bonds. The first kappa shape index (κ1) is 22.6. The zero-order valence-corrected chi connectivity index (χ0v) is 20.0. The predicted octanol–water partition coefficient (Wildman–Crippen LogP) is 6.65. The average molecular weight is 516 g/mol. The summed E-state index contributed by atoms with van der Waals surface area (Å²) in [6.07, 6.45) is 4.93. The smallest absolute Gasteiger partial charge is 0.159 e. The fourth-order valence-corrected chi connectivity index (χ4v) is 4.01. The van der Waals surface area contributed by atoms with E-state index in [0.717, 1.165) is 26.5 Å². The second-order valence-corrected chi connectivity index (χ2v) is 9.42. The molecule has 4 aromatic rings. The number of pyridine rings is 1. The molecule has 0 saturated carbocycles. The molecule has 0 saturated heterocycles. The van der Waals surface area contributed by atoms with Crippen LogP contribution in [0, 0.1) is 5.82 Å². The molecule has 1 atom stereocenters. The van der Waals surface area contributed by atoms with Crippen molar-refractivity contribution >= 4 is 44.1 Å². The quantitative estimate of drug-likeness (QED) is 0.311. The van der Waals surface area contributed by atoms with Crippen LogP contribution in [0.3, 0.4) is 0 Å². The fraction of sp³-hybridized carbons (Fsp3) is 0.208. The lowest BCUT2D eigenvalue weighted by atomic mass is 10.0. The highest BCUT2D eigenvalue weighted by Gasteiger charge is 2.20. The minimum absolute atomic E-state index is 0.299. The molecular weight excluding hydrogens is 495 g/mol. The Hall–Kier alpha value is -2.61. The van der Waals surface area contributed by atoms with Crippen LogP contribution in [0.15, 0.2) is 59.5 Å². The summed E-state index contributed by atoms with van der Waals surface area (Å²) in [5, 5.41) is 14.7. The lowest BCUT2D eigenvalue weighted by molar-refractivity contribution is 0.0687. The number of nitrogens with one attached hydrogen (secondary N) is 1. The van der Waals surface area contributed by atoms with Gasteiger partial charge in [-0.1, -0.05) is 33.6 Å². The van der Waals surface area contributed by atoms with E-state index in [1.54, 1.807) is 44.6 Å². The molecule has 0 spiro atoms. The molecule has 2 heterocycles. The zero-order chi connectivity index (χ0) is 23.0. The third kappa shape index (κ3) is 4.60. The number of rotatable bonds is 5. The van der Waals surface area contributed by atoms with E-state index in [1.807, 2.05) is 25.1 Å². The van der Waals surface area contributed by atoms with Gasteiger partial charge in [-0.3, -0.25) is 4.98 Å². The molecule has 164 valence electrons. The molecule has 0 bridgehead atoms. The molecule has 0 aliphatic carbocycles. The average Bonchev–Trinajstić information content (AvgIpc) is 2.76. The number of hydrogen-bond acceptors (Lipinski definition) is 5. The van der Waals surface area contributed by atoms with Crippen LogP contribution >= 0.6 is 27.5 Å². The molecule has 2 N–H and O–H groups in total. The van der Waals surface area contributed by atoms with E-state index < -0.39 is 5.60 Å². The van der Waals surface area contributed by atoms with Gasteiger partial charge in [-0.2, -0.15) is 0 Å². The van der Waals surface area contributed by atoms with Gasteiger partial charge in [-0.25, -0.2) is 14.4 Å².